The maximum absolute atomic E-state index is 2.22. The van der Waals surface area contributed by atoms with Crippen molar-refractivity contribution < 1.29 is 20.4 Å². The van der Waals surface area contributed by atoms with E-state index in [0.717, 1.165) is 0 Å². The van der Waals surface area contributed by atoms with E-state index in [9.17, 15) is 0 Å². The summed E-state index contributed by atoms with van der Waals surface area (Å²) >= 11 is 0. The summed E-state index contributed by atoms with van der Waals surface area (Å²) in [7, 11) is 2.05. The van der Waals surface area contributed by atoms with Crippen LogP contribution in [0.1, 0.15) is 19.8 Å². The van der Waals surface area contributed by atoms with E-state index < -0.39 is 0 Å². The van der Waals surface area contributed by atoms with Crippen LogP contribution in [0.3, 0.4) is 0 Å². The number of unbranched alkanes of at least 4 members (excludes halogenated alkanes) is 1. The van der Waals surface area contributed by atoms with Crippen LogP contribution in [-0.2, 0) is 20.4 Å². The van der Waals surface area contributed by atoms with Gasteiger partial charge in [0, 0.05) is 20.4 Å². The Labute approximate surface area is 55.9 Å². The molecular formula is C4H12PPd+. The van der Waals surface area contributed by atoms with Crippen LogP contribution in [0.15, 0.2) is 0 Å². The predicted octanol–water partition coefficient (Wildman–Crippen LogP) is 1.39. The Kier molecular flexibility index (Phi) is 16.0. The van der Waals surface area contributed by atoms with Crippen LogP contribution in [0.25, 0.3) is 0 Å². The molecule has 0 saturated carbocycles. The second-order valence-corrected chi connectivity index (χ2v) is 1.91. The van der Waals surface area contributed by atoms with E-state index in [0.29, 0.717) is 0 Å². The molecule has 0 aromatic heterocycles. The van der Waals surface area contributed by atoms with Gasteiger partial charge in [-0.25, -0.2) is 0 Å². The fourth-order valence-corrected chi connectivity index (χ4v) is 0.750. The normalized spacial score (nSPS) is 7.50. The Balaban J connectivity index is 0. The van der Waals surface area contributed by atoms with Crippen molar-refractivity contribution in [1.82, 2.24) is 0 Å². The molecular weight excluding hydrogens is 185 g/mol. The maximum Gasteiger partial charge on any atom is 0.0526 e. The third kappa shape index (κ3) is 8.92. The molecule has 6 heavy (non-hydrogen) atoms. The molecule has 0 saturated heterocycles. The first-order chi connectivity index (χ1) is 2.41. The van der Waals surface area contributed by atoms with Gasteiger partial charge in [-0.15, -0.1) is 0 Å². The third-order valence-electron chi connectivity index (χ3n) is 0.604. The first-order valence-corrected chi connectivity index (χ1v) is 3.21. The van der Waals surface area contributed by atoms with E-state index in [-0.39, 0.29) is 20.4 Å². The quantitative estimate of drug-likeness (QED) is 0.464. The summed E-state index contributed by atoms with van der Waals surface area (Å²) in [6.07, 6.45) is 4.12. The molecule has 0 spiro atoms. The van der Waals surface area contributed by atoms with Crippen LogP contribution in [0, 0.1) is 0 Å². The zero-order chi connectivity index (χ0) is 4.12. The largest absolute Gasteiger partial charge is 0.0652 e. The van der Waals surface area contributed by atoms with Crippen molar-refractivity contribution in [1.29, 1.82) is 0 Å². The second kappa shape index (κ2) is 9.43. The minimum Gasteiger partial charge on any atom is -0.0652 e. The van der Waals surface area contributed by atoms with Gasteiger partial charge in [0.2, 0.25) is 0 Å². The molecule has 0 N–H and O–H groups in total. The molecule has 0 radical (unpaired) electrons. The van der Waals surface area contributed by atoms with Crippen LogP contribution >= 0.6 is 9.24 Å². The van der Waals surface area contributed by atoms with E-state index >= 15 is 0 Å². The SMILES string of the molecule is CCCC[PH3+].[Pd]. The molecule has 1 atom stereocenters. The molecule has 0 heterocycles. The fourth-order valence-electron chi connectivity index (χ4n) is 0.250. The molecule has 0 aromatic rings. The van der Waals surface area contributed by atoms with Gasteiger partial charge in [0.05, 0.1) is 6.16 Å². The van der Waals surface area contributed by atoms with Crippen LogP contribution in [-0.4, -0.2) is 6.16 Å². The zero-order valence-corrected chi connectivity index (χ0v) is 7.11. The van der Waals surface area contributed by atoms with Crippen LogP contribution in [0.2, 0.25) is 0 Å². The monoisotopic (exact) mass is 197 g/mol. The first kappa shape index (κ1) is 10.2. The molecule has 1 unspecified atom stereocenters. The molecule has 0 nitrogen and oxygen atoms in total. The Bertz CT molecular complexity index is 15.0. The Morgan fingerprint density at radius 2 is 2.00 bits per heavy atom. The van der Waals surface area contributed by atoms with Gasteiger partial charge in [-0.3, -0.25) is 0 Å². The Hall–Kier alpha value is 1.09. The van der Waals surface area contributed by atoms with Crippen molar-refractivity contribution in [3.8, 4) is 0 Å². The molecule has 0 aromatic carbocycles. The molecule has 0 amide bonds. The van der Waals surface area contributed by atoms with Gasteiger partial charge >= 0.3 is 0 Å². The minimum atomic E-state index is 0. The average Bonchev–Trinajstić information content (AvgIpc) is 1.41. The van der Waals surface area contributed by atoms with Gasteiger partial charge in [-0.2, -0.15) is 0 Å². The van der Waals surface area contributed by atoms with Crippen molar-refractivity contribution >= 4 is 9.24 Å². The Morgan fingerprint density at radius 1 is 1.50 bits per heavy atom. The van der Waals surface area contributed by atoms with E-state index in [1.165, 1.54) is 19.0 Å². The van der Waals surface area contributed by atoms with Crippen molar-refractivity contribution in [3.63, 3.8) is 0 Å². The number of rotatable bonds is 2. The number of hydrogen-bond acceptors (Lipinski definition) is 0. The van der Waals surface area contributed by atoms with E-state index in [4.69, 9.17) is 0 Å². The van der Waals surface area contributed by atoms with Gasteiger partial charge in [0.15, 0.2) is 0 Å². The summed E-state index contributed by atoms with van der Waals surface area (Å²) in [5.41, 5.74) is 0. The Morgan fingerprint density at radius 3 is 2.00 bits per heavy atom. The minimum absolute atomic E-state index is 0. The van der Waals surface area contributed by atoms with Crippen LogP contribution in [0.4, 0.5) is 0 Å². The predicted molar refractivity (Wildman–Crippen MR) is 30.9 cm³/mol. The van der Waals surface area contributed by atoms with E-state index in [2.05, 4.69) is 6.92 Å². The van der Waals surface area contributed by atoms with Crippen molar-refractivity contribution in [2.24, 2.45) is 0 Å². The number of hydrogen-bond donors (Lipinski definition) is 0. The molecule has 0 aliphatic rings. The van der Waals surface area contributed by atoms with Crippen molar-refractivity contribution in [3.05, 3.63) is 0 Å². The third-order valence-corrected chi connectivity index (χ3v) is 1.10. The smallest absolute Gasteiger partial charge is 0.0526 e. The maximum atomic E-state index is 2.22. The van der Waals surface area contributed by atoms with Gasteiger partial charge < -0.3 is 0 Å². The molecule has 0 bridgehead atoms. The standard InChI is InChI=1S/C4H11P.Pd/c1-2-3-4-5;/h2-5H2,1H3;/p+1. The summed E-state index contributed by atoms with van der Waals surface area (Å²) in [5, 5.41) is 0. The van der Waals surface area contributed by atoms with E-state index in [1.54, 1.807) is 0 Å². The summed E-state index contributed by atoms with van der Waals surface area (Å²) in [6.45, 7) is 2.22. The summed E-state index contributed by atoms with van der Waals surface area (Å²) < 4.78 is 0. The van der Waals surface area contributed by atoms with Crippen molar-refractivity contribution in [2.75, 3.05) is 6.16 Å². The molecule has 0 rings (SSSR count). The van der Waals surface area contributed by atoms with Gasteiger partial charge in [0.25, 0.3) is 0 Å². The topological polar surface area (TPSA) is 0 Å². The van der Waals surface area contributed by atoms with Gasteiger partial charge in [0.1, 0.15) is 0 Å². The molecule has 0 aliphatic carbocycles. The van der Waals surface area contributed by atoms with Crippen LogP contribution < -0.4 is 0 Å². The molecule has 0 aliphatic heterocycles. The van der Waals surface area contributed by atoms with Crippen molar-refractivity contribution in [2.45, 2.75) is 19.8 Å². The summed E-state index contributed by atoms with van der Waals surface area (Å²) in [5.74, 6) is 0. The van der Waals surface area contributed by atoms with Crippen LogP contribution in [0.5, 0.6) is 0 Å². The molecule has 0 fully saturated rings. The first-order valence-electron chi connectivity index (χ1n) is 2.21. The summed E-state index contributed by atoms with van der Waals surface area (Å²) in [6, 6.07) is 0. The average molecular weight is 198 g/mol. The fraction of sp³-hybridized carbons (Fsp3) is 1.00. The zero-order valence-electron chi connectivity index (χ0n) is 4.14. The summed E-state index contributed by atoms with van der Waals surface area (Å²) in [4.78, 5) is 0. The van der Waals surface area contributed by atoms with E-state index in [1.807, 2.05) is 9.24 Å². The molecule has 42 valence electrons. The second-order valence-electron chi connectivity index (χ2n) is 1.21. The van der Waals surface area contributed by atoms with Gasteiger partial charge in [-0.1, -0.05) is 13.3 Å². The molecule has 2 heteroatoms. The van der Waals surface area contributed by atoms with Gasteiger partial charge in [-0.05, 0) is 15.7 Å².